The minimum absolute atomic E-state index is 0.0171. The fourth-order valence-electron chi connectivity index (χ4n) is 5.34. The maximum Gasteiger partial charge on any atom is 0.254 e. The molecule has 0 unspecified atom stereocenters. The zero-order chi connectivity index (χ0) is 27.1. The van der Waals surface area contributed by atoms with Gasteiger partial charge in [0.1, 0.15) is 6.54 Å². The summed E-state index contributed by atoms with van der Waals surface area (Å²) in [7, 11) is 0. The molecule has 0 radical (unpaired) electrons. The molecule has 1 aliphatic carbocycles. The third kappa shape index (κ3) is 7.28. The summed E-state index contributed by atoms with van der Waals surface area (Å²) in [6.07, 6.45) is 7.54. The highest BCUT2D eigenvalue weighted by molar-refractivity contribution is 6.31. The van der Waals surface area contributed by atoms with Crippen molar-refractivity contribution in [2.75, 3.05) is 13.1 Å². The lowest BCUT2D eigenvalue weighted by molar-refractivity contribution is -0.135. The van der Waals surface area contributed by atoms with Gasteiger partial charge in [-0.3, -0.25) is 9.59 Å². The Morgan fingerprint density at radius 3 is 2.37 bits per heavy atom. The fourth-order valence-corrected chi connectivity index (χ4v) is 5.53. The van der Waals surface area contributed by atoms with Crippen LogP contribution in [0.2, 0.25) is 5.02 Å². The van der Waals surface area contributed by atoms with Gasteiger partial charge in [-0.2, -0.15) is 0 Å². The highest BCUT2D eigenvalue weighted by Crippen LogP contribution is 2.26. The smallest absolute Gasteiger partial charge is 0.254 e. The number of benzene rings is 2. The van der Waals surface area contributed by atoms with Crippen LogP contribution in [0, 0.1) is 12.8 Å². The van der Waals surface area contributed by atoms with E-state index in [0.717, 1.165) is 47.5 Å². The summed E-state index contributed by atoms with van der Waals surface area (Å²) in [5.41, 5.74) is 3.86. The van der Waals surface area contributed by atoms with Gasteiger partial charge in [0.15, 0.2) is 0 Å². The molecule has 2 amide bonds. The number of carbonyl (C=O) groups is 2. The van der Waals surface area contributed by atoms with Crippen LogP contribution >= 0.6 is 11.6 Å². The molecule has 202 valence electrons. The number of rotatable bonds is 10. The molecule has 5 nitrogen and oxygen atoms in total. The predicted molar refractivity (Wildman–Crippen MR) is 154 cm³/mol. The molecule has 0 N–H and O–H groups in total. The Bertz CT molecular complexity index is 1210. The summed E-state index contributed by atoms with van der Waals surface area (Å²) < 4.78 is 2.17. The topological polar surface area (TPSA) is 45.6 Å². The Morgan fingerprint density at radius 1 is 0.974 bits per heavy atom. The number of hydrogen-bond acceptors (Lipinski definition) is 2. The molecule has 1 fully saturated rings. The number of aryl methyl sites for hydroxylation is 1. The number of halogens is 1. The van der Waals surface area contributed by atoms with E-state index in [2.05, 4.69) is 24.5 Å². The molecule has 38 heavy (non-hydrogen) atoms. The first-order valence-electron chi connectivity index (χ1n) is 13.8. The molecular weight excluding hydrogens is 494 g/mol. The van der Waals surface area contributed by atoms with Crippen molar-refractivity contribution in [2.24, 2.45) is 5.92 Å². The highest BCUT2D eigenvalue weighted by Gasteiger charge is 2.29. The molecule has 0 spiro atoms. The van der Waals surface area contributed by atoms with Gasteiger partial charge in [-0.25, -0.2) is 0 Å². The van der Waals surface area contributed by atoms with Gasteiger partial charge in [0, 0.05) is 41.6 Å². The van der Waals surface area contributed by atoms with E-state index in [9.17, 15) is 9.59 Å². The van der Waals surface area contributed by atoms with Crippen molar-refractivity contribution in [1.29, 1.82) is 0 Å². The highest BCUT2D eigenvalue weighted by atomic mass is 35.5. The van der Waals surface area contributed by atoms with Crippen LogP contribution in [0.25, 0.3) is 0 Å². The van der Waals surface area contributed by atoms with Crippen LogP contribution < -0.4 is 0 Å². The number of aromatic nitrogens is 1. The van der Waals surface area contributed by atoms with Gasteiger partial charge in [0.25, 0.3) is 5.91 Å². The van der Waals surface area contributed by atoms with E-state index in [1.54, 1.807) is 4.90 Å². The van der Waals surface area contributed by atoms with Crippen LogP contribution in [0.5, 0.6) is 0 Å². The van der Waals surface area contributed by atoms with Crippen LogP contribution in [-0.4, -0.2) is 45.3 Å². The second kappa shape index (κ2) is 13.1. The van der Waals surface area contributed by atoms with E-state index >= 15 is 0 Å². The van der Waals surface area contributed by atoms with Gasteiger partial charge >= 0.3 is 0 Å². The summed E-state index contributed by atoms with van der Waals surface area (Å²) in [5.74, 6) is 0.189. The Balaban J connectivity index is 1.56. The van der Waals surface area contributed by atoms with E-state index in [0.29, 0.717) is 25.2 Å². The second-order valence-electron chi connectivity index (χ2n) is 11.0. The molecule has 0 atom stereocenters. The summed E-state index contributed by atoms with van der Waals surface area (Å²) >= 11 is 6.44. The van der Waals surface area contributed by atoms with Gasteiger partial charge in [-0.15, -0.1) is 0 Å². The number of amides is 2. The Kier molecular flexibility index (Phi) is 9.68. The quantitative estimate of drug-likeness (QED) is 0.283. The van der Waals surface area contributed by atoms with Gasteiger partial charge in [-0.1, -0.05) is 80.6 Å². The van der Waals surface area contributed by atoms with E-state index in [1.165, 1.54) is 6.42 Å². The van der Waals surface area contributed by atoms with E-state index < -0.39 is 0 Å². The SMILES string of the molecule is Cc1ccc(C(=O)N(CC(=O)N(Cc2cccn2Cc2ccccc2Cl)C2CCCCC2)CC(C)C)cc1. The average Bonchev–Trinajstić information content (AvgIpc) is 3.35. The molecule has 1 aromatic heterocycles. The first-order chi connectivity index (χ1) is 18.3. The van der Waals surface area contributed by atoms with E-state index in [4.69, 9.17) is 11.6 Å². The van der Waals surface area contributed by atoms with Crippen LogP contribution in [0.4, 0.5) is 0 Å². The van der Waals surface area contributed by atoms with Crippen molar-refractivity contribution in [3.8, 4) is 0 Å². The third-order valence-corrected chi connectivity index (χ3v) is 7.76. The maximum absolute atomic E-state index is 14.0. The van der Waals surface area contributed by atoms with Gasteiger partial charge in [0.05, 0.1) is 6.54 Å². The fraction of sp³-hybridized carbons (Fsp3) is 0.438. The molecule has 1 aliphatic rings. The van der Waals surface area contributed by atoms with E-state index in [-0.39, 0.29) is 30.3 Å². The molecule has 4 rings (SSSR count). The Morgan fingerprint density at radius 2 is 1.68 bits per heavy atom. The molecule has 1 heterocycles. The van der Waals surface area contributed by atoms with Crippen molar-refractivity contribution < 1.29 is 9.59 Å². The molecule has 1 saturated carbocycles. The summed E-state index contributed by atoms with van der Waals surface area (Å²) in [4.78, 5) is 31.2. The zero-order valence-corrected chi connectivity index (χ0v) is 23.7. The first-order valence-corrected chi connectivity index (χ1v) is 14.2. The number of hydrogen-bond donors (Lipinski definition) is 0. The number of nitrogens with zero attached hydrogens (tertiary/aromatic N) is 3. The minimum atomic E-state index is -0.0854. The minimum Gasteiger partial charge on any atom is -0.345 e. The lowest BCUT2D eigenvalue weighted by atomic mass is 9.94. The van der Waals surface area contributed by atoms with Gasteiger partial charge in [-0.05, 0) is 61.6 Å². The monoisotopic (exact) mass is 533 g/mol. The van der Waals surface area contributed by atoms with Gasteiger partial charge in [0.2, 0.25) is 5.91 Å². The molecule has 2 aromatic carbocycles. The molecule has 0 bridgehead atoms. The summed E-state index contributed by atoms with van der Waals surface area (Å²) in [6, 6.07) is 19.8. The largest absolute Gasteiger partial charge is 0.345 e. The van der Waals surface area contributed by atoms with Crippen LogP contribution in [-0.2, 0) is 17.9 Å². The maximum atomic E-state index is 14.0. The molecule has 0 aliphatic heterocycles. The lowest BCUT2D eigenvalue weighted by Gasteiger charge is -2.36. The van der Waals surface area contributed by atoms with Crippen LogP contribution in [0.3, 0.4) is 0 Å². The normalized spacial score (nSPS) is 14.0. The predicted octanol–water partition coefficient (Wildman–Crippen LogP) is 6.96. The second-order valence-corrected chi connectivity index (χ2v) is 11.4. The Hall–Kier alpha value is -3.05. The Labute approximate surface area is 232 Å². The third-order valence-electron chi connectivity index (χ3n) is 7.39. The molecule has 3 aromatic rings. The van der Waals surface area contributed by atoms with Crippen molar-refractivity contribution in [2.45, 2.75) is 72.0 Å². The van der Waals surface area contributed by atoms with Crippen LogP contribution in [0.1, 0.15) is 73.1 Å². The van der Waals surface area contributed by atoms with Crippen molar-refractivity contribution in [1.82, 2.24) is 14.4 Å². The van der Waals surface area contributed by atoms with Crippen molar-refractivity contribution in [3.63, 3.8) is 0 Å². The molecule has 6 heteroatoms. The summed E-state index contributed by atoms with van der Waals surface area (Å²) in [6.45, 7) is 7.98. The van der Waals surface area contributed by atoms with Gasteiger partial charge < -0.3 is 14.4 Å². The standard InChI is InChI=1S/C32H40ClN3O2/c1-24(2)20-35(32(38)26-17-15-25(3)16-18-26)23-31(37)36(28-11-5-4-6-12-28)22-29-13-9-19-34(29)21-27-10-7-8-14-30(27)33/h7-10,13-19,24,28H,4-6,11-12,20-23H2,1-3H3. The average molecular weight is 534 g/mol. The molecular formula is C32H40ClN3O2. The first kappa shape index (κ1) is 28.0. The number of carbonyl (C=O) groups excluding carboxylic acids is 2. The molecule has 0 saturated heterocycles. The van der Waals surface area contributed by atoms with E-state index in [1.807, 2.05) is 72.6 Å². The van der Waals surface area contributed by atoms with Crippen LogP contribution in [0.15, 0.2) is 66.9 Å². The lowest BCUT2D eigenvalue weighted by Crippen LogP contribution is -2.48. The van der Waals surface area contributed by atoms with Crippen molar-refractivity contribution >= 4 is 23.4 Å². The van der Waals surface area contributed by atoms with Crippen molar-refractivity contribution in [3.05, 3.63) is 94.3 Å². The zero-order valence-electron chi connectivity index (χ0n) is 22.9. The summed E-state index contributed by atoms with van der Waals surface area (Å²) in [5, 5.41) is 0.742.